The maximum atomic E-state index is 5.44. The number of aromatic nitrogens is 2. The number of hydrogen-bond donors (Lipinski definition) is 1. The van der Waals surface area contributed by atoms with E-state index in [1.807, 2.05) is 28.9 Å². The van der Waals surface area contributed by atoms with E-state index in [0.29, 0.717) is 6.04 Å². The Morgan fingerprint density at radius 2 is 1.95 bits per heavy atom. The topological polar surface area (TPSA) is 39.1 Å². The second-order valence-electron chi connectivity index (χ2n) is 5.59. The lowest BCUT2D eigenvalue weighted by Gasteiger charge is -2.11. The smallest absolute Gasteiger partial charge is 0.144 e. The van der Waals surface area contributed by atoms with Crippen LogP contribution in [0.1, 0.15) is 30.8 Å². The molecular formula is C17H25N3O. The molecule has 0 saturated heterocycles. The second kappa shape index (κ2) is 6.76. The molecule has 2 aromatic rings. The summed E-state index contributed by atoms with van der Waals surface area (Å²) in [4.78, 5) is 0. The van der Waals surface area contributed by atoms with Gasteiger partial charge in [0.1, 0.15) is 11.4 Å². The SMILES string of the molecule is COc1ccccc1-n1nc(C)c(CCNC(C)C)c1C. The molecule has 21 heavy (non-hydrogen) atoms. The Bertz CT molecular complexity index is 602. The zero-order valence-electron chi connectivity index (χ0n) is 13.6. The molecule has 0 saturated carbocycles. The Hall–Kier alpha value is -1.81. The molecule has 1 N–H and O–H groups in total. The first kappa shape index (κ1) is 15.6. The third-order valence-electron chi connectivity index (χ3n) is 3.68. The van der Waals surface area contributed by atoms with Gasteiger partial charge >= 0.3 is 0 Å². The van der Waals surface area contributed by atoms with Crippen molar-refractivity contribution in [1.29, 1.82) is 0 Å². The lowest BCUT2D eigenvalue weighted by Crippen LogP contribution is -2.25. The average Bonchev–Trinajstić information content (AvgIpc) is 2.74. The summed E-state index contributed by atoms with van der Waals surface area (Å²) >= 11 is 0. The Kier molecular flexibility index (Phi) is 5.02. The van der Waals surface area contributed by atoms with Gasteiger partial charge < -0.3 is 10.1 Å². The number of nitrogens with one attached hydrogen (secondary N) is 1. The van der Waals surface area contributed by atoms with Gasteiger partial charge in [0.05, 0.1) is 12.8 Å². The van der Waals surface area contributed by atoms with Gasteiger partial charge in [-0.15, -0.1) is 0 Å². The minimum absolute atomic E-state index is 0.509. The molecule has 0 aliphatic rings. The van der Waals surface area contributed by atoms with Crippen molar-refractivity contribution in [3.8, 4) is 11.4 Å². The van der Waals surface area contributed by atoms with Crippen molar-refractivity contribution >= 4 is 0 Å². The van der Waals surface area contributed by atoms with Crippen molar-refractivity contribution in [3.05, 3.63) is 41.2 Å². The maximum Gasteiger partial charge on any atom is 0.144 e. The minimum atomic E-state index is 0.509. The highest BCUT2D eigenvalue weighted by Gasteiger charge is 2.14. The molecule has 0 radical (unpaired) electrons. The van der Waals surface area contributed by atoms with E-state index in [0.717, 1.165) is 30.1 Å². The lowest BCUT2D eigenvalue weighted by molar-refractivity contribution is 0.411. The van der Waals surface area contributed by atoms with E-state index in [1.54, 1.807) is 7.11 Å². The standard InChI is InChI=1S/C17H25N3O/c1-12(2)18-11-10-15-13(3)19-20(14(15)4)16-8-6-7-9-17(16)21-5/h6-9,12,18H,10-11H2,1-5H3. The number of nitrogens with zero attached hydrogens (tertiary/aromatic N) is 2. The van der Waals surface area contributed by atoms with Crippen molar-refractivity contribution in [2.45, 2.75) is 40.2 Å². The number of hydrogen-bond acceptors (Lipinski definition) is 3. The molecule has 4 heteroatoms. The molecule has 4 nitrogen and oxygen atoms in total. The number of rotatable bonds is 6. The van der Waals surface area contributed by atoms with Crippen LogP contribution in [0.5, 0.6) is 5.75 Å². The Morgan fingerprint density at radius 1 is 1.24 bits per heavy atom. The monoisotopic (exact) mass is 287 g/mol. The third-order valence-corrected chi connectivity index (χ3v) is 3.68. The molecule has 0 bridgehead atoms. The molecule has 0 spiro atoms. The number of benzene rings is 1. The van der Waals surface area contributed by atoms with E-state index in [2.05, 4.69) is 33.0 Å². The first-order chi connectivity index (χ1) is 10.0. The summed E-state index contributed by atoms with van der Waals surface area (Å²) in [5.41, 5.74) is 4.57. The minimum Gasteiger partial charge on any atom is -0.494 e. The summed E-state index contributed by atoms with van der Waals surface area (Å²) < 4.78 is 7.43. The highest BCUT2D eigenvalue weighted by atomic mass is 16.5. The van der Waals surface area contributed by atoms with Crippen LogP contribution in [-0.4, -0.2) is 29.5 Å². The molecule has 114 valence electrons. The molecule has 0 aliphatic heterocycles. The molecule has 0 atom stereocenters. The first-order valence-electron chi connectivity index (χ1n) is 7.46. The number of ether oxygens (including phenoxy) is 1. The molecule has 2 rings (SSSR count). The average molecular weight is 287 g/mol. The Labute approximate surface area is 127 Å². The predicted molar refractivity (Wildman–Crippen MR) is 86.4 cm³/mol. The van der Waals surface area contributed by atoms with E-state index in [1.165, 1.54) is 11.3 Å². The zero-order valence-corrected chi connectivity index (χ0v) is 13.6. The quantitative estimate of drug-likeness (QED) is 0.887. The molecular weight excluding hydrogens is 262 g/mol. The molecule has 0 amide bonds. The van der Waals surface area contributed by atoms with Crippen LogP contribution >= 0.6 is 0 Å². The van der Waals surface area contributed by atoms with Crippen molar-refractivity contribution in [2.24, 2.45) is 0 Å². The van der Waals surface area contributed by atoms with Crippen LogP contribution in [0.4, 0.5) is 0 Å². The molecule has 0 fully saturated rings. The van der Waals surface area contributed by atoms with Crippen LogP contribution in [0.25, 0.3) is 5.69 Å². The van der Waals surface area contributed by atoms with Crippen molar-refractivity contribution < 1.29 is 4.74 Å². The predicted octanol–water partition coefficient (Wildman–Crippen LogP) is 3.04. The van der Waals surface area contributed by atoms with Crippen LogP contribution in [0, 0.1) is 13.8 Å². The zero-order chi connectivity index (χ0) is 15.4. The molecule has 1 heterocycles. The molecule has 0 aliphatic carbocycles. The van der Waals surface area contributed by atoms with Gasteiger partial charge in [-0.2, -0.15) is 5.10 Å². The summed E-state index contributed by atoms with van der Waals surface area (Å²) in [6.45, 7) is 9.49. The normalized spacial score (nSPS) is 11.1. The number of para-hydroxylation sites is 2. The van der Waals surface area contributed by atoms with E-state index in [-0.39, 0.29) is 0 Å². The van der Waals surface area contributed by atoms with Gasteiger partial charge in [0, 0.05) is 11.7 Å². The van der Waals surface area contributed by atoms with Crippen molar-refractivity contribution in [2.75, 3.05) is 13.7 Å². The van der Waals surface area contributed by atoms with Crippen LogP contribution in [0.15, 0.2) is 24.3 Å². The number of aryl methyl sites for hydroxylation is 1. The highest BCUT2D eigenvalue weighted by molar-refractivity contribution is 5.48. The van der Waals surface area contributed by atoms with Crippen LogP contribution in [0.3, 0.4) is 0 Å². The molecule has 0 unspecified atom stereocenters. The van der Waals surface area contributed by atoms with Gasteiger partial charge in [-0.05, 0) is 44.5 Å². The maximum absolute atomic E-state index is 5.44. The summed E-state index contributed by atoms with van der Waals surface area (Å²) in [5.74, 6) is 0.843. The fourth-order valence-corrected chi connectivity index (χ4v) is 2.56. The summed E-state index contributed by atoms with van der Waals surface area (Å²) in [6, 6.07) is 8.49. The Morgan fingerprint density at radius 3 is 2.62 bits per heavy atom. The third kappa shape index (κ3) is 3.45. The summed E-state index contributed by atoms with van der Waals surface area (Å²) in [6.07, 6.45) is 0.991. The van der Waals surface area contributed by atoms with Gasteiger partial charge in [-0.3, -0.25) is 0 Å². The summed E-state index contributed by atoms with van der Waals surface area (Å²) in [5, 5.41) is 8.15. The highest BCUT2D eigenvalue weighted by Crippen LogP contribution is 2.25. The fourth-order valence-electron chi connectivity index (χ4n) is 2.56. The van der Waals surface area contributed by atoms with Crippen LogP contribution in [0.2, 0.25) is 0 Å². The fraction of sp³-hybridized carbons (Fsp3) is 0.471. The number of methoxy groups -OCH3 is 1. The Balaban J connectivity index is 2.30. The largest absolute Gasteiger partial charge is 0.494 e. The van der Waals surface area contributed by atoms with Gasteiger partial charge in [0.15, 0.2) is 0 Å². The van der Waals surface area contributed by atoms with Crippen LogP contribution < -0.4 is 10.1 Å². The second-order valence-corrected chi connectivity index (χ2v) is 5.59. The first-order valence-corrected chi connectivity index (χ1v) is 7.46. The van der Waals surface area contributed by atoms with Gasteiger partial charge in [-0.1, -0.05) is 26.0 Å². The van der Waals surface area contributed by atoms with Gasteiger partial charge in [0.2, 0.25) is 0 Å². The molecule has 1 aromatic carbocycles. The summed E-state index contributed by atoms with van der Waals surface area (Å²) in [7, 11) is 1.69. The van der Waals surface area contributed by atoms with E-state index in [9.17, 15) is 0 Å². The van der Waals surface area contributed by atoms with E-state index < -0.39 is 0 Å². The van der Waals surface area contributed by atoms with E-state index >= 15 is 0 Å². The van der Waals surface area contributed by atoms with Gasteiger partial charge in [-0.25, -0.2) is 4.68 Å². The van der Waals surface area contributed by atoms with Crippen LogP contribution in [-0.2, 0) is 6.42 Å². The van der Waals surface area contributed by atoms with E-state index in [4.69, 9.17) is 9.84 Å². The van der Waals surface area contributed by atoms with Crippen molar-refractivity contribution in [1.82, 2.24) is 15.1 Å². The van der Waals surface area contributed by atoms with Gasteiger partial charge in [0.25, 0.3) is 0 Å². The molecule has 1 aromatic heterocycles. The van der Waals surface area contributed by atoms with Crippen molar-refractivity contribution in [3.63, 3.8) is 0 Å². The lowest BCUT2D eigenvalue weighted by atomic mass is 10.1.